The van der Waals surface area contributed by atoms with Gasteiger partial charge in [0.05, 0.1) is 5.69 Å². The zero-order valence-corrected chi connectivity index (χ0v) is 17.0. The van der Waals surface area contributed by atoms with Crippen LogP contribution in [0.5, 0.6) is 11.5 Å². The maximum absolute atomic E-state index is 13.4. The van der Waals surface area contributed by atoms with Crippen LogP contribution >= 0.6 is 0 Å². The van der Waals surface area contributed by atoms with E-state index in [9.17, 15) is 23.1 Å². The van der Waals surface area contributed by atoms with Crippen molar-refractivity contribution in [1.29, 1.82) is 0 Å². The van der Waals surface area contributed by atoms with Crippen LogP contribution in [0.25, 0.3) is 21.7 Å². The van der Waals surface area contributed by atoms with E-state index >= 15 is 0 Å². The second-order valence-electron chi connectivity index (χ2n) is 7.87. The summed E-state index contributed by atoms with van der Waals surface area (Å²) in [6, 6.07) is 14.6. The van der Waals surface area contributed by atoms with Crippen molar-refractivity contribution in [3.8, 4) is 11.5 Å². The van der Waals surface area contributed by atoms with Gasteiger partial charge < -0.3 is 19.7 Å². The highest BCUT2D eigenvalue weighted by Crippen LogP contribution is 2.46. The fourth-order valence-corrected chi connectivity index (χ4v) is 4.52. The number of aromatic hydroxyl groups is 1. The van der Waals surface area contributed by atoms with E-state index in [4.69, 9.17) is 0 Å². The van der Waals surface area contributed by atoms with Gasteiger partial charge in [-0.25, -0.2) is 0 Å². The largest absolute Gasteiger partial charge is 0.573 e. The van der Waals surface area contributed by atoms with Crippen molar-refractivity contribution in [1.82, 2.24) is 4.98 Å². The van der Waals surface area contributed by atoms with Crippen LogP contribution in [0, 0.1) is 0 Å². The quantitative estimate of drug-likeness (QED) is 0.406. The number of carbonyl (C=O) groups is 1. The smallest absolute Gasteiger partial charge is 0.507 e. The van der Waals surface area contributed by atoms with Crippen LogP contribution in [0.4, 0.5) is 18.9 Å². The standard InChI is InChI=1S/C24H19F3N2O3/c1-2-13-12-29(20-11-21(30)16-5-3-4-6-17(16)22(13)20)23(31)19-10-14-9-15(32-24(25,26)27)7-8-18(14)28-19/h3-11,13,28,30H,2,12H2,1H3/t13-/m1/s1. The molecule has 1 aromatic heterocycles. The first-order valence-electron chi connectivity index (χ1n) is 10.2. The number of aromatic nitrogens is 1. The lowest BCUT2D eigenvalue weighted by atomic mass is 9.93. The number of amides is 1. The molecule has 0 bridgehead atoms. The number of anilines is 1. The zero-order chi connectivity index (χ0) is 22.6. The number of hydrogen-bond donors (Lipinski definition) is 2. The molecule has 1 aliphatic heterocycles. The van der Waals surface area contributed by atoms with E-state index in [-0.39, 0.29) is 29.0 Å². The molecule has 1 aliphatic rings. The topological polar surface area (TPSA) is 65.6 Å². The molecule has 1 amide bonds. The van der Waals surface area contributed by atoms with Gasteiger partial charge in [-0.3, -0.25) is 4.79 Å². The zero-order valence-electron chi connectivity index (χ0n) is 17.0. The van der Waals surface area contributed by atoms with Crippen molar-refractivity contribution < 1.29 is 27.8 Å². The molecule has 0 radical (unpaired) electrons. The molecule has 0 spiro atoms. The fourth-order valence-electron chi connectivity index (χ4n) is 4.52. The number of hydrogen-bond acceptors (Lipinski definition) is 3. The number of H-pyrrole nitrogens is 1. The van der Waals surface area contributed by atoms with E-state index < -0.39 is 6.36 Å². The minimum atomic E-state index is -4.79. The summed E-state index contributed by atoms with van der Waals surface area (Å²) in [5.41, 5.74) is 2.44. The highest BCUT2D eigenvalue weighted by atomic mass is 19.4. The van der Waals surface area contributed by atoms with E-state index in [2.05, 4.69) is 16.6 Å². The molecule has 5 rings (SSSR count). The van der Waals surface area contributed by atoms with E-state index in [1.54, 1.807) is 11.0 Å². The van der Waals surface area contributed by atoms with E-state index in [1.165, 1.54) is 24.3 Å². The molecular formula is C24H19F3N2O3. The first-order chi connectivity index (χ1) is 15.2. The number of ether oxygens (including phenoxy) is 1. The predicted molar refractivity (Wildman–Crippen MR) is 115 cm³/mol. The maximum atomic E-state index is 13.4. The number of fused-ring (bicyclic) bond motifs is 4. The van der Waals surface area contributed by atoms with Gasteiger partial charge in [-0.2, -0.15) is 0 Å². The Balaban J connectivity index is 1.55. The number of carbonyl (C=O) groups excluding carboxylic acids is 1. The van der Waals surface area contributed by atoms with Gasteiger partial charge in [0, 0.05) is 34.8 Å². The van der Waals surface area contributed by atoms with Gasteiger partial charge in [-0.15, -0.1) is 13.2 Å². The molecule has 0 aliphatic carbocycles. The SMILES string of the molecule is CC[C@@H]1CN(C(=O)c2cc3cc(OC(F)(F)F)ccc3[nH]2)c2cc(O)c3ccccc3c21. The molecular weight excluding hydrogens is 421 g/mol. The summed E-state index contributed by atoms with van der Waals surface area (Å²) < 4.78 is 41.5. The number of nitrogens with one attached hydrogen (secondary N) is 1. The minimum absolute atomic E-state index is 0.0968. The van der Waals surface area contributed by atoms with E-state index in [0.29, 0.717) is 23.1 Å². The van der Waals surface area contributed by atoms with Gasteiger partial charge >= 0.3 is 6.36 Å². The Morgan fingerprint density at radius 1 is 1.16 bits per heavy atom. The third-order valence-corrected chi connectivity index (χ3v) is 5.94. The number of nitrogens with zero attached hydrogens (tertiary/aromatic N) is 1. The fraction of sp³-hybridized carbons (Fsp3) is 0.208. The molecule has 0 saturated carbocycles. The Morgan fingerprint density at radius 3 is 2.62 bits per heavy atom. The highest BCUT2D eigenvalue weighted by molar-refractivity contribution is 6.11. The number of phenols is 1. The first kappa shape index (κ1) is 20.2. The lowest BCUT2D eigenvalue weighted by Crippen LogP contribution is -2.30. The average Bonchev–Trinajstić information content (AvgIpc) is 3.33. The number of halogens is 3. The van der Waals surface area contributed by atoms with Crippen LogP contribution in [0.15, 0.2) is 54.6 Å². The summed E-state index contributed by atoms with van der Waals surface area (Å²) in [7, 11) is 0. The number of alkyl halides is 3. The highest BCUT2D eigenvalue weighted by Gasteiger charge is 2.35. The summed E-state index contributed by atoms with van der Waals surface area (Å²) in [5, 5.41) is 12.6. The maximum Gasteiger partial charge on any atom is 0.573 e. The number of phenolic OH excluding ortho intramolecular Hbond substituents is 1. The van der Waals surface area contributed by atoms with Gasteiger partial charge in [0.15, 0.2) is 0 Å². The molecule has 1 atom stereocenters. The molecule has 0 fully saturated rings. The lowest BCUT2D eigenvalue weighted by Gasteiger charge is -2.17. The summed E-state index contributed by atoms with van der Waals surface area (Å²) in [6.07, 6.45) is -3.97. The molecule has 5 nitrogen and oxygen atoms in total. The predicted octanol–water partition coefficient (Wildman–Crippen LogP) is 6.08. The Morgan fingerprint density at radius 2 is 1.91 bits per heavy atom. The van der Waals surface area contributed by atoms with Gasteiger partial charge in [0.2, 0.25) is 0 Å². The Labute approximate surface area is 181 Å². The molecule has 32 heavy (non-hydrogen) atoms. The first-order valence-corrected chi connectivity index (χ1v) is 10.2. The Kier molecular flexibility index (Phi) is 4.54. The monoisotopic (exact) mass is 440 g/mol. The van der Waals surface area contributed by atoms with Crippen LogP contribution < -0.4 is 9.64 Å². The molecule has 4 aromatic rings. The van der Waals surface area contributed by atoms with E-state index in [0.717, 1.165) is 22.8 Å². The van der Waals surface area contributed by atoms with Crippen LogP contribution in [0.2, 0.25) is 0 Å². The second-order valence-corrected chi connectivity index (χ2v) is 7.87. The average molecular weight is 440 g/mol. The summed E-state index contributed by atoms with van der Waals surface area (Å²) in [6.45, 7) is 2.51. The van der Waals surface area contributed by atoms with Crippen LogP contribution in [0.3, 0.4) is 0 Å². The van der Waals surface area contributed by atoms with Crippen LogP contribution in [-0.4, -0.2) is 28.9 Å². The number of rotatable bonds is 3. The molecule has 2 N–H and O–H groups in total. The van der Waals surface area contributed by atoms with Gasteiger partial charge in [0.1, 0.15) is 17.2 Å². The minimum Gasteiger partial charge on any atom is -0.507 e. The van der Waals surface area contributed by atoms with Crippen molar-refractivity contribution in [3.63, 3.8) is 0 Å². The van der Waals surface area contributed by atoms with Crippen molar-refractivity contribution in [2.45, 2.75) is 25.6 Å². The molecule has 0 saturated heterocycles. The van der Waals surface area contributed by atoms with Crippen LogP contribution in [0.1, 0.15) is 35.3 Å². The molecule has 3 aromatic carbocycles. The molecule has 8 heteroatoms. The van der Waals surface area contributed by atoms with Gasteiger partial charge in [-0.05, 0) is 41.6 Å². The second kappa shape index (κ2) is 7.19. The van der Waals surface area contributed by atoms with Crippen molar-refractivity contribution in [2.24, 2.45) is 0 Å². The third-order valence-electron chi connectivity index (χ3n) is 5.94. The summed E-state index contributed by atoms with van der Waals surface area (Å²) >= 11 is 0. The third kappa shape index (κ3) is 3.32. The van der Waals surface area contributed by atoms with E-state index in [1.807, 2.05) is 24.3 Å². The summed E-state index contributed by atoms with van der Waals surface area (Å²) in [5.74, 6) is -0.460. The molecule has 0 unspecified atom stereocenters. The summed E-state index contributed by atoms with van der Waals surface area (Å²) in [4.78, 5) is 18.0. The Hall–Kier alpha value is -3.68. The van der Waals surface area contributed by atoms with Crippen LogP contribution in [-0.2, 0) is 0 Å². The molecule has 2 heterocycles. The normalized spacial score (nSPS) is 16.0. The van der Waals surface area contributed by atoms with Gasteiger partial charge in [0.25, 0.3) is 5.91 Å². The number of aromatic amines is 1. The lowest BCUT2D eigenvalue weighted by molar-refractivity contribution is -0.274. The Bertz CT molecular complexity index is 1360. The van der Waals surface area contributed by atoms with Gasteiger partial charge in [-0.1, -0.05) is 31.2 Å². The molecule has 164 valence electrons. The van der Waals surface area contributed by atoms with Crippen molar-refractivity contribution >= 4 is 33.3 Å². The van der Waals surface area contributed by atoms with Crippen molar-refractivity contribution in [3.05, 3.63) is 65.9 Å². The van der Waals surface area contributed by atoms with Crippen molar-refractivity contribution in [2.75, 3.05) is 11.4 Å². The number of benzene rings is 3.